The van der Waals surface area contributed by atoms with Gasteiger partial charge < -0.3 is 9.67 Å². The molecule has 0 aliphatic heterocycles. The second kappa shape index (κ2) is 3.98. The van der Waals surface area contributed by atoms with Crippen LogP contribution in [0.15, 0.2) is 24.4 Å². The molecule has 2 aromatic rings. The number of nitrogens with zero attached hydrogens (tertiary/aromatic N) is 1. The molecule has 0 atom stereocenters. The van der Waals surface area contributed by atoms with Crippen molar-refractivity contribution in [3.63, 3.8) is 0 Å². The molecule has 1 aromatic carbocycles. The summed E-state index contributed by atoms with van der Waals surface area (Å²) < 4.78 is 1.91. The predicted octanol–water partition coefficient (Wildman–Crippen LogP) is 2.42. The molecule has 1 N–H and O–H groups in total. The van der Waals surface area contributed by atoms with Crippen LogP contribution < -0.4 is 0 Å². The molecule has 0 saturated heterocycles. The summed E-state index contributed by atoms with van der Waals surface area (Å²) in [5, 5.41) is 10.9. The van der Waals surface area contributed by atoms with Gasteiger partial charge in [-0.05, 0) is 12.1 Å². The zero-order valence-electron chi connectivity index (χ0n) is 8.07. The third-order valence-electron chi connectivity index (χ3n) is 2.36. The number of aliphatic hydroxyl groups is 1. The second-order valence-electron chi connectivity index (χ2n) is 3.31. The van der Waals surface area contributed by atoms with Crippen molar-refractivity contribution in [3.8, 4) is 12.3 Å². The van der Waals surface area contributed by atoms with E-state index in [1.54, 1.807) is 0 Å². The lowest BCUT2D eigenvalue weighted by atomic mass is 10.2. The summed E-state index contributed by atoms with van der Waals surface area (Å²) in [4.78, 5) is 0. The highest BCUT2D eigenvalue weighted by Crippen LogP contribution is 2.24. The van der Waals surface area contributed by atoms with Crippen molar-refractivity contribution < 1.29 is 5.11 Å². The fourth-order valence-corrected chi connectivity index (χ4v) is 1.86. The van der Waals surface area contributed by atoms with Crippen LogP contribution in [0.2, 0.25) is 5.02 Å². The minimum absolute atomic E-state index is 0.00963. The quantitative estimate of drug-likeness (QED) is 0.772. The fourth-order valence-electron chi connectivity index (χ4n) is 1.70. The standard InChI is InChI=1S/C12H10ClNO/c1-2-5-14-7-9(8-15)11-4-3-10(13)6-12(11)14/h1,3-4,6-7,15H,5,8H2. The highest BCUT2D eigenvalue weighted by atomic mass is 35.5. The van der Waals surface area contributed by atoms with E-state index >= 15 is 0 Å². The van der Waals surface area contributed by atoms with Gasteiger partial charge in [0.2, 0.25) is 0 Å². The van der Waals surface area contributed by atoms with E-state index in [4.69, 9.17) is 18.0 Å². The average molecular weight is 220 g/mol. The molecule has 15 heavy (non-hydrogen) atoms. The van der Waals surface area contributed by atoms with Crippen molar-refractivity contribution in [1.82, 2.24) is 4.57 Å². The molecular formula is C12H10ClNO. The summed E-state index contributed by atoms with van der Waals surface area (Å²) in [6, 6.07) is 5.56. The normalized spacial score (nSPS) is 10.5. The third-order valence-corrected chi connectivity index (χ3v) is 2.59. The Bertz CT molecular complexity index is 536. The summed E-state index contributed by atoms with van der Waals surface area (Å²) in [7, 11) is 0. The molecular weight excluding hydrogens is 210 g/mol. The first-order valence-corrected chi connectivity index (χ1v) is 4.95. The van der Waals surface area contributed by atoms with Crippen LogP contribution in [0.5, 0.6) is 0 Å². The van der Waals surface area contributed by atoms with Crippen molar-refractivity contribution in [3.05, 3.63) is 35.0 Å². The number of hydrogen-bond donors (Lipinski definition) is 1. The number of rotatable bonds is 2. The number of terminal acetylenes is 1. The van der Waals surface area contributed by atoms with Crippen LogP contribution in [0.25, 0.3) is 10.9 Å². The van der Waals surface area contributed by atoms with Crippen molar-refractivity contribution in [2.24, 2.45) is 0 Å². The summed E-state index contributed by atoms with van der Waals surface area (Å²) in [5.74, 6) is 2.57. The maximum Gasteiger partial charge on any atom is 0.0835 e. The van der Waals surface area contributed by atoms with Crippen LogP contribution in [0.1, 0.15) is 5.56 Å². The van der Waals surface area contributed by atoms with E-state index in [1.807, 2.05) is 29.0 Å². The average Bonchev–Trinajstić information content (AvgIpc) is 2.57. The molecule has 0 radical (unpaired) electrons. The predicted molar refractivity (Wildman–Crippen MR) is 61.7 cm³/mol. The lowest BCUT2D eigenvalue weighted by Crippen LogP contribution is -1.92. The molecule has 1 heterocycles. The van der Waals surface area contributed by atoms with Gasteiger partial charge in [-0.15, -0.1) is 6.42 Å². The molecule has 0 saturated carbocycles. The van der Waals surface area contributed by atoms with Crippen LogP contribution in [0.4, 0.5) is 0 Å². The van der Waals surface area contributed by atoms with Gasteiger partial charge in [-0.1, -0.05) is 23.6 Å². The zero-order valence-corrected chi connectivity index (χ0v) is 8.83. The van der Waals surface area contributed by atoms with Gasteiger partial charge in [-0.25, -0.2) is 0 Å². The van der Waals surface area contributed by atoms with Gasteiger partial charge in [-0.3, -0.25) is 0 Å². The Morgan fingerprint density at radius 1 is 1.47 bits per heavy atom. The van der Waals surface area contributed by atoms with E-state index in [1.165, 1.54) is 0 Å². The lowest BCUT2D eigenvalue weighted by Gasteiger charge is -1.99. The second-order valence-corrected chi connectivity index (χ2v) is 3.74. The van der Waals surface area contributed by atoms with Gasteiger partial charge in [-0.2, -0.15) is 0 Å². The van der Waals surface area contributed by atoms with Crippen molar-refractivity contribution >= 4 is 22.5 Å². The SMILES string of the molecule is C#CCn1cc(CO)c2ccc(Cl)cc21. The van der Waals surface area contributed by atoms with Crippen molar-refractivity contribution in [2.75, 3.05) is 0 Å². The van der Waals surface area contributed by atoms with Crippen LogP contribution in [-0.2, 0) is 13.2 Å². The van der Waals surface area contributed by atoms with Crippen molar-refractivity contribution in [2.45, 2.75) is 13.2 Å². The van der Waals surface area contributed by atoms with Gasteiger partial charge in [0.25, 0.3) is 0 Å². The molecule has 0 aliphatic rings. The number of halogens is 1. The third kappa shape index (κ3) is 1.72. The van der Waals surface area contributed by atoms with Gasteiger partial charge in [0, 0.05) is 22.2 Å². The number of aromatic nitrogens is 1. The molecule has 0 aliphatic carbocycles. The minimum atomic E-state index is 0.00963. The zero-order chi connectivity index (χ0) is 10.8. The van der Waals surface area contributed by atoms with Gasteiger partial charge >= 0.3 is 0 Å². The lowest BCUT2D eigenvalue weighted by molar-refractivity contribution is 0.283. The smallest absolute Gasteiger partial charge is 0.0835 e. The monoisotopic (exact) mass is 219 g/mol. The largest absolute Gasteiger partial charge is 0.392 e. The van der Waals surface area contributed by atoms with E-state index in [2.05, 4.69) is 5.92 Å². The van der Waals surface area contributed by atoms with Gasteiger partial charge in [0.05, 0.1) is 18.7 Å². The van der Waals surface area contributed by atoms with E-state index in [0.29, 0.717) is 11.6 Å². The highest BCUT2D eigenvalue weighted by molar-refractivity contribution is 6.31. The fraction of sp³-hybridized carbons (Fsp3) is 0.167. The Kier molecular flexibility index (Phi) is 2.68. The summed E-state index contributed by atoms with van der Waals surface area (Å²) in [6.45, 7) is 0.493. The molecule has 0 unspecified atom stereocenters. The summed E-state index contributed by atoms with van der Waals surface area (Å²) >= 11 is 5.92. The van der Waals surface area contributed by atoms with Crippen LogP contribution >= 0.6 is 11.6 Å². The molecule has 2 nitrogen and oxygen atoms in total. The van der Waals surface area contributed by atoms with E-state index in [0.717, 1.165) is 16.5 Å². The molecule has 2 rings (SSSR count). The van der Waals surface area contributed by atoms with E-state index in [9.17, 15) is 5.11 Å². The Morgan fingerprint density at radius 2 is 2.27 bits per heavy atom. The van der Waals surface area contributed by atoms with E-state index < -0.39 is 0 Å². The number of fused-ring (bicyclic) bond motifs is 1. The first kappa shape index (κ1) is 10.1. The molecule has 1 aromatic heterocycles. The topological polar surface area (TPSA) is 25.2 Å². The van der Waals surface area contributed by atoms with Gasteiger partial charge in [0.15, 0.2) is 0 Å². The first-order valence-electron chi connectivity index (χ1n) is 4.58. The summed E-state index contributed by atoms with van der Waals surface area (Å²) in [6.07, 6.45) is 7.14. The van der Waals surface area contributed by atoms with E-state index in [-0.39, 0.29) is 6.61 Å². The Balaban J connectivity index is 2.71. The molecule has 0 fully saturated rings. The Morgan fingerprint density at radius 3 is 2.93 bits per heavy atom. The molecule has 0 spiro atoms. The molecule has 76 valence electrons. The first-order chi connectivity index (χ1) is 7.26. The number of benzene rings is 1. The number of aliphatic hydroxyl groups excluding tert-OH is 1. The van der Waals surface area contributed by atoms with Crippen molar-refractivity contribution in [1.29, 1.82) is 0 Å². The van der Waals surface area contributed by atoms with Crippen LogP contribution in [0.3, 0.4) is 0 Å². The van der Waals surface area contributed by atoms with Crippen LogP contribution in [0, 0.1) is 12.3 Å². The highest BCUT2D eigenvalue weighted by Gasteiger charge is 2.07. The molecule has 3 heteroatoms. The number of hydrogen-bond acceptors (Lipinski definition) is 1. The maximum absolute atomic E-state index is 9.19. The summed E-state index contributed by atoms with van der Waals surface area (Å²) in [5.41, 5.74) is 1.83. The maximum atomic E-state index is 9.19. The Labute approximate surface area is 93.1 Å². The van der Waals surface area contributed by atoms with Crippen LogP contribution in [-0.4, -0.2) is 9.67 Å². The Hall–Kier alpha value is -1.43. The molecule has 0 bridgehead atoms. The van der Waals surface area contributed by atoms with Gasteiger partial charge in [0.1, 0.15) is 0 Å². The molecule has 0 amide bonds. The minimum Gasteiger partial charge on any atom is -0.392 e.